The van der Waals surface area contributed by atoms with E-state index in [0.717, 1.165) is 5.56 Å². The molecule has 102 valence electrons. The molecule has 1 N–H and O–H groups in total. The number of nitrogens with one attached hydrogen (secondary N) is 1. The number of benzene rings is 2. The van der Waals surface area contributed by atoms with Crippen LogP contribution in [-0.2, 0) is 6.54 Å². The van der Waals surface area contributed by atoms with Gasteiger partial charge in [-0.25, -0.2) is 4.39 Å². The molecule has 0 saturated carbocycles. The van der Waals surface area contributed by atoms with Crippen LogP contribution in [0.4, 0.5) is 10.1 Å². The van der Waals surface area contributed by atoms with Crippen LogP contribution >= 0.6 is 23.2 Å². The number of halogens is 3. The van der Waals surface area contributed by atoms with Crippen molar-refractivity contribution in [2.24, 2.45) is 0 Å². The number of anilines is 1. The zero-order valence-electron chi connectivity index (χ0n) is 10.7. The number of nitriles is 1. The molecule has 0 aliphatic heterocycles. The fourth-order valence-electron chi connectivity index (χ4n) is 1.77. The first-order valence-corrected chi connectivity index (χ1v) is 6.65. The van der Waals surface area contributed by atoms with Gasteiger partial charge in [0.25, 0.3) is 0 Å². The Balaban J connectivity index is 2.22. The Bertz CT molecular complexity index is 693. The van der Waals surface area contributed by atoms with Gasteiger partial charge in [-0.15, -0.1) is 0 Å². The van der Waals surface area contributed by atoms with Gasteiger partial charge < -0.3 is 5.32 Å². The maximum absolute atomic E-state index is 13.9. The Morgan fingerprint density at radius 1 is 1.25 bits per heavy atom. The van der Waals surface area contributed by atoms with E-state index < -0.39 is 5.82 Å². The van der Waals surface area contributed by atoms with Crippen molar-refractivity contribution in [3.63, 3.8) is 0 Å². The predicted molar refractivity (Wildman–Crippen MR) is 79.6 cm³/mol. The zero-order chi connectivity index (χ0) is 14.7. The Morgan fingerprint density at radius 3 is 2.70 bits per heavy atom. The van der Waals surface area contributed by atoms with Crippen LogP contribution in [0.5, 0.6) is 0 Å². The van der Waals surface area contributed by atoms with Crippen LogP contribution in [0.2, 0.25) is 10.0 Å². The van der Waals surface area contributed by atoms with Crippen molar-refractivity contribution < 1.29 is 4.39 Å². The van der Waals surface area contributed by atoms with Crippen molar-refractivity contribution in [1.29, 1.82) is 5.26 Å². The minimum absolute atomic E-state index is 0.0253. The molecule has 0 aliphatic rings. The summed E-state index contributed by atoms with van der Waals surface area (Å²) < 4.78 is 13.9. The quantitative estimate of drug-likeness (QED) is 0.873. The maximum Gasteiger partial charge on any atom is 0.145 e. The summed E-state index contributed by atoms with van der Waals surface area (Å²) in [4.78, 5) is 0. The van der Waals surface area contributed by atoms with Crippen molar-refractivity contribution in [2.45, 2.75) is 13.5 Å². The summed E-state index contributed by atoms with van der Waals surface area (Å²) in [5.41, 5.74) is 1.93. The third kappa shape index (κ3) is 3.04. The summed E-state index contributed by atoms with van der Waals surface area (Å²) in [7, 11) is 0. The van der Waals surface area contributed by atoms with E-state index in [9.17, 15) is 4.39 Å². The second kappa shape index (κ2) is 6.13. The first kappa shape index (κ1) is 14.6. The third-order valence-corrected chi connectivity index (χ3v) is 3.64. The Hall–Kier alpha value is -1.76. The molecule has 0 amide bonds. The van der Waals surface area contributed by atoms with E-state index in [1.807, 2.05) is 13.0 Å². The topological polar surface area (TPSA) is 35.8 Å². The van der Waals surface area contributed by atoms with Crippen LogP contribution in [0.3, 0.4) is 0 Å². The standard InChI is InChI=1S/C15H11Cl2FN2/c1-9-5-13(17)14(6-12(9)16)20-8-11-4-2-3-10(7-19)15(11)18/h2-6,20H,8H2,1H3. The highest BCUT2D eigenvalue weighted by Crippen LogP contribution is 2.29. The average Bonchev–Trinajstić information content (AvgIpc) is 2.43. The number of aryl methyl sites for hydroxylation is 1. The Kier molecular flexibility index (Phi) is 4.49. The van der Waals surface area contributed by atoms with Gasteiger partial charge in [-0.3, -0.25) is 0 Å². The molecule has 0 unspecified atom stereocenters. The molecule has 0 bridgehead atoms. The highest BCUT2D eigenvalue weighted by Gasteiger charge is 2.09. The van der Waals surface area contributed by atoms with Gasteiger partial charge in [0.2, 0.25) is 0 Å². The van der Waals surface area contributed by atoms with Crippen LogP contribution in [0.25, 0.3) is 0 Å². The Labute approximate surface area is 126 Å². The van der Waals surface area contributed by atoms with Crippen LogP contribution in [-0.4, -0.2) is 0 Å². The summed E-state index contributed by atoms with van der Waals surface area (Å²) in [6, 6.07) is 9.95. The molecule has 0 heterocycles. The van der Waals surface area contributed by atoms with Gasteiger partial charge in [0.1, 0.15) is 11.9 Å². The van der Waals surface area contributed by atoms with Crippen molar-refractivity contribution in [3.05, 3.63) is 62.9 Å². The van der Waals surface area contributed by atoms with Crippen molar-refractivity contribution in [1.82, 2.24) is 0 Å². The van der Waals surface area contributed by atoms with Crippen LogP contribution in [0.15, 0.2) is 30.3 Å². The van der Waals surface area contributed by atoms with E-state index in [0.29, 0.717) is 21.3 Å². The lowest BCUT2D eigenvalue weighted by molar-refractivity contribution is 0.609. The van der Waals surface area contributed by atoms with Gasteiger partial charge in [-0.1, -0.05) is 35.3 Å². The summed E-state index contributed by atoms with van der Waals surface area (Å²) in [6.45, 7) is 2.08. The molecular weight excluding hydrogens is 298 g/mol. The van der Waals surface area contributed by atoms with Gasteiger partial charge in [0.15, 0.2) is 0 Å². The molecule has 2 aromatic carbocycles. The molecule has 0 saturated heterocycles. The van der Waals surface area contributed by atoms with Gasteiger partial charge in [0.05, 0.1) is 16.3 Å². The van der Waals surface area contributed by atoms with Crippen molar-refractivity contribution in [3.8, 4) is 6.07 Å². The molecule has 2 aromatic rings. The molecule has 0 aliphatic carbocycles. The van der Waals surface area contributed by atoms with E-state index in [-0.39, 0.29) is 12.1 Å². The van der Waals surface area contributed by atoms with E-state index >= 15 is 0 Å². The fourth-order valence-corrected chi connectivity index (χ4v) is 2.22. The second-order valence-electron chi connectivity index (χ2n) is 4.33. The highest BCUT2D eigenvalue weighted by molar-refractivity contribution is 6.35. The maximum atomic E-state index is 13.9. The lowest BCUT2D eigenvalue weighted by Crippen LogP contribution is -2.03. The minimum atomic E-state index is -0.517. The molecule has 2 nitrogen and oxygen atoms in total. The normalized spacial score (nSPS) is 10.2. The first-order chi connectivity index (χ1) is 9.52. The lowest BCUT2D eigenvalue weighted by Gasteiger charge is -2.11. The molecule has 0 aromatic heterocycles. The van der Waals surface area contributed by atoms with Crippen LogP contribution < -0.4 is 5.32 Å². The lowest BCUT2D eigenvalue weighted by atomic mass is 10.1. The SMILES string of the molecule is Cc1cc(Cl)c(NCc2cccc(C#N)c2F)cc1Cl. The van der Waals surface area contributed by atoms with Crippen LogP contribution in [0, 0.1) is 24.1 Å². The van der Waals surface area contributed by atoms with Gasteiger partial charge >= 0.3 is 0 Å². The monoisotopic (exact) mass is 308 g/mol. The van der Waals surface area contributed by atoms with E-state index in [1.54, 1.807) is 24.3 Å². The summed E-state index contributed by atoms with van der Waals surface area (Å²) in [6.07, 6.45) is 0. The second-order valence-corrected chi connectivity index (χ2v) is 5.14. The summed E-state index contributed by atoms with van der Waals surface area (Å²) in [5.74, 6) is -0.517. The molecule has 0 radical (unpaired) electrons. The van der Waals surface area contributed by atoms with Gasteiger partial charge in [0, 0.05) is 17.1 Å². The first-order valence-electron chi connectivity index (χ1n) is 5.90. The van der Waals surface area contributed by atoms with Gasteiger partial charge in [-0.05, 0) is 30.7 Å². The minimum Gasteiger partial charge on any atom is -0.380 e. The van der Waals surface area contributed by atoms with Crippen molar-refractivity contribution >= 4 is 28.9 Å². The number of hydrogen-bond donors (Lipinski definition) is 1. The zero-order valence-corrected chi connectivity index (χ0v) is 12.2. The fraction of sp³-hybridized carbons (Fsp3) is 0.133. The Morgan fingerprint density at radius 2 is 2.00 bits per heavy atom. The predicted octanol–water partition coefficient (Wildman–Crippen LogP) is 4.92. The van der Waals surface area contributed by atoms with E-state index in [4.69, 9.17) is 28.5 Å². The summed E-state index contributed by atoms with van der Waals surface area (Å²) >= 11 is 12.1. The van der Waals surface area contributed by atoms with E-state index in [1.165, 1.54) is 6.07 Å². The highest BCUT2D eigenvalue weighted by atomic mass is 35.5. The number of nitrogens with zero attached hydrogens (tertiary/aromatic N) is 1. The number of rotatable bonds is 3. The number of hydrogen-bond acceptors (Lipinski definition) is 2. The smallest absolute Gasteiger partial charge is 0.145 e. The van der Waals surface area contributed by atoms with Crippen molar-refractivity contribution in [2.75, 3.05) is 5.32 Å². The molecule has 0 fully saturated rings. The largest absolute Gasteiger partial charge is 0.380 e. The summed E-state index contributed by atoms with van der Waals surface area (Å²) in [5, 5.41) is 12.9. The van der Waals surface area contributed by atoms with Crippen LogP contribution in [0.1, 0.15) is 16.7 Å². The molecule has 0 spiro atoms. The molecular formula is C15H11Cl2FN2. The van der Waals surface area contributed by atoms with E-state index in [2.05, 4.69) is 5.32 Å². The van der Waals surface area contributed by atoms with Gasteiger partial charge in [-0.2, -0.15) is 5.26 Å². The molecule has 20 heavy (non-hydrogen) atoms. The molecule has 2 rings (SSSR count). The molecule has 5 heteroatoms. The third-order valence-electron chi connectivity index (χ3n) is 2.92. The average molecular weight is 309 g/mol. The molecule has 0 atom stereocenters.